The zero-order chi connectivity index (χ0) is 17.5. The normalized spacial score (nSPS) is 16.0. The summed E-state index contributed by atoms with van der Waals surface area (Å²) in [7, 11) is 0. The zero-order valence-corrected chi connectivity index (χ0v) is 15.0. The summed E-state index contributed by atoms with van der Waals surface area (Å²) < 4.78 is 5.21. The summed E-state index contributed by atoms with van der Waals surface area (Å²) in [6.45, 7) is 2.25. The molecule has 3 heteroatoms. The summed E-state index contributed by atoms with van der Waals surface area (Å²) in [5, 5.41) is 0. The molecule has 0 atom stereocenters. The van der Waals surface area contributed by atoms with E-state index in [-0.39, 0.29) is 5.97 Å². The number of hydrogen-bond donors (Lipinski definition) is 0. The third kappa shape index (κ3) is 4.47. The Morgan fingerprint density at radius 1 is 1.08 bits per heavy atom. The first kappa shape index (κ1) is 17.7. The molecule has 132 valence electrons. The maximum absolute atomic E-state index is 12.2. The molecule has 1 aliphatic carbocycles. The third-order valence-electron chi connectivity index (χ3n) is 5.05. The Balaban J connectivity index is 2.00. The smallest absolute Gasteiger partial charge is 0.338 e. The molecule has 1 aliphatic rings. The van der Waals surface area contributed by atoms with Gasteiger partial charge in [0.05, 0.1) is 17.9 Å². The molecule has 1 heterocycles. The van der Waals surface area contributed by atoms with Crippen LogP contribution >= 0.6 is 0 Å². The maximum atomic E-state index is 12.2. The van der Waals surface area contributed by atoms with Crippen LogP contribution in [0, 0.1) is 0 Å². The van der Waals surface area contributed by atoms with Crippen LogP contribution < -0.4 is 0 Å². The van der Waals surface area contributed by atoms with Gasteiger partial charge in [0, 0.05) is 11.8 Å². The number of rotatable bonds is 4. The van der Waals surface area contributed by atoms with E-state index >= 15 is 0 Å². The van der Waals surface area contributed by atoms with Crippen LogP contribution in [0.1, 0.15) is 73.7 Å². The first-order chi connectivity index (χ1) is 12.3. The largest absolute Gasteiger partial charge is 0.462 e. The third-order valence-corrected chi connectivity index (χ3v) is 5.05. The van der Waals surface area contributed by atoms with Gasteiger partial charge in [0.25, 0.3) is 0 Å². The van der Waals surface area contributed by atoms with Gasteiger partial charge in [-0.2, -0.15) is 0 Å². The van der Waals surface area contributed by atoms with Crippen molar-refractivity contribution >= 4 is 5.97 Å². The van der Waals surface area contributed by atoms with Gasteiger partial charge >= 0.3 is 5.97 Å². The number of hydrogen-bond acceptors (Lipinski definition) is 3. The van der Waals surface area contributed by atoms with Crippen molar-refractivity contribution in [1.82, 2.24) is 4.98 Å². The molecule has 0 bridgehead atoms. The minimum Gasteiger partial charge on any atom is -0.462 e. The van der Waals surface area contributed by atoms with Gasteiger partial charge in [-0.3, -0.25) is 4.98 Å². The molecule has 1 aromatic heterocycles. The van der Waals surface area contributed by atoms with Gasteiger partial charge < -0.3 is 4.74 Å². The van der Waals surface area contributed by atoms with E-state index in [2.05, 4.69) is 4.98 Å². The molecule has 0 spiro atoms. The molecule has 3 rings (SSSR count). The van der Waals surface area contributed by atoms with Crippen molar-refractivity contribution in [1.29, 1.82) is 0 Å². The van der Waals surface area contributed by atoms with Crippen LogP contribution in [0.2, 0.25) is 0 Å². The minimum atomic E-state index is -0.234. The molecule has 2 aromatic rings. The van der Waals surface area contributed by atoms with Gasteiger partial charge in [-0.1, -0.05) is 44.2 Å². The topological polar surface area (TPSA) is 39.2 Å². The second-order valence-corrected chi connectivity index (χ2v) is 6.78. The van der Waals surface area contributed by atoms with Gasteiger partial charge in [0.1, 0.15) is 0 Å². The molecule has 0 N–H and O–H groups in total. The average molecular weight is 337 g/mol. The lowest BCUT2D eigenvalue weighted by atomic mass is 9.82. The van der Waals surface area contributed by atoms with Crippen molar-refractivity contribution < 1.29 is 9.53 Å². The lowest BCUT2D eigenvalue weighted by molar-refractivity contribution is 0.0526. The van der Waals surface area contributed by atoms with Gasteiger partial charge in [0.2, 0.25) is 0 Å². The molecular weight excluding hydrogens is 310 g/mol. The van der Waals surface area contributed by atoms with E-state index in [1.54, 1.807) is 0 Å². The van der Waals surface area contributed by atoms with Crippen LogP contribution in [0.5, 0.6) is 0 Å². The van der Waals surface area contributed by atoms with Crippen LogP contribution in [0.4, 0.5) is 0 Å². The molecule has 3 nitrogen and oxygen atoms in total. The van der Waals surface area contributed by atoms with Crippen molar-refractivity contribution in [2.75, 3.05) is 6.61 Å². The predicted molar refractivity (Wildman–Crippen MR) is 101 cm³/mol. The quantitative estimate of drug-likeness (QED) is 0.666. The lowest BCUT2D eigenvalue weighted by Gasteiger charge is -2.23. The fourth-order valence-corrected chi connectivity index (χ4v) is 3.76. The van der Waals surface area contributed by atoms with Crippen LogP contribution in [-0.2, 0) is 4.74 Å². The first-order valence-corrected chi connectivity index (χ1v) is 9.52. The van der Waals surface area contributed by atoms with Crippen molar-refractivity contribution in [2.45, 2.75) is 57.8 Å². The van der Waals surface area contributed by atoms with Crippen LogP contribution in [0.15, 0.2) is 42.6 Å². The molecule has 0 amide bonds. The second-order valence-electron chi connectivity index (χ2n) is 6.78. The van der Waals surface area contributed by atoms with Crippen LogP contribution in [0.3, 0.4) is 0 Å². The van der Waals surface area contributed by atoms with E-state index < -0.39 is 0 Å². The molecule has 0 saturated heterocycles. The molecule has 0 unspecified atom stereocenters. The monoisotopic (exact) mass is 337 g/mol. The van der Waals surface area contributed by atoms with Crippen molar-refractivity contribution in [3.63, 3.8) is 0 Å². The Morgan fingerprint density at radius 2 is 1.84 bits per heavy atom. The Hall–Kier alpha value is -2.16. The summed E-state index contributed by atoms with van der Waals surface area (Å²) in [5.41, 5.74) is 4.04. The number of carbonyl (C=O) groups excluding carboxylic acids is 1. The van der Waals surface area contributed by atoms with E-state index in [0.717, 1.165) is 11.3 Å². The minimum absolute atomic E-state index is 0.234. The number of benzene rings is 1. The highest BCUT2D eigenvalue weighted by atomic mass is 16.5. The second kappa shape index (κ2) is 8.80. The molecule has 0 radical (unpaired) electrons. The van der Waals surface area contributed by atoms with Crippen molar-refractivity contribution in [3.05, 3.63) is 53.7 Å². The van der Waals surface area contributed by atoms with Gasteiger partial charge in [-0.25, -0.2) is 4.79 Å². The average Bonchev–Trinajstić information content (AvgIpc) is 2.62. The van der Waals surface area contributed by atoms with Crippen molar-refractivity contribution in [3.8, 4) is 11.3 Å². The van der Waals surface area contributed by atoms with E-state index in [1.807, 2.05) is 49.5 Å². The summed E-state index contributed by atoms with van der Waals surface area (Å²) in [6, 6.07) is 12.0. The summed E-state index contributed by atoms with van der Waals surface area (Å²) in [5.74, 6) is 0.258. The zero-order valence-electron chi connectivity index (χ0n) is 15.0. The number of pyridine rings is 1. The molecule has 1 aromatic carbocycles. The Labute approximate surface area is 150 Å². The van der Waals surface area contributed by atoms with Crippen LogP contribution in [-0.4, -0.2) is 17.6 Å². The van der Waals surface area contributed by atoms with E-state index in [0.29, 0.717) is 18.1 Å². The van der Waals surface area contributed by atoms with Gasteiger partial charge in [-0.15, -0.1) is 0 Å². The van der Waals surface area contributed by atoms with Crippen molar-refractivity contribution in [2.24, 2.45) is 0 Å². The number of esters is 1. The fraction of sp³-hybridized carbons (Fsp3) is 0.455. The van der Waals surface area contributed by atoms with E-state index in [1.165, 1.54) is 50.5 Å². The molecule has 0 aliphatic heterocycles. The molecular formula is C22H27NO2. The summed E-state index contributed by atoms with van der Waals surface area (Å²) in [6.07, 6.45) is 10.7. The van der Waals surface area contributed by atoms with Gasteiger partial charge in [-0.05, 0) is 55.5 Å². The number of ether oxygens (including phenoxy) is 1. The van der Waals surface area contributed by atoms with Crippen LogP contribution in [0.25, 0.3) is 11.3 Å². The highest BCUT2D eigenvalue weighted by Crippen LogP contribution is 2.37. The fourth-order valence-electron chi connectivity index (χ4n) is 3.76. The van der Waals surface area contributed by atoms with E-state index in [9.17, 15) is 4.79 Å². The predicted octanol–water partition coefficient (Wildman–Crippen LogP) is 5.75. The SMILES string of the molecule is CCOC(=O)c1ccc(-c2ccccn2)c(C2CCCCCCC2)c1. The highest BCUT2D eigenvalue weighted by molar-refractivity contribution is 5.90. The van der Waals surface area contributed by atoms with Gasteiger partial charge in [0.15, 0.2) is 0 Å². The number of carbonyl (C=O) groups is 1. The highest BCUT2D eigenvalue weighted by Gasteiger charge is 2.20. The molecule has 25 heavy (non-hydrogen) atoms. The summed E-state index contributed by atoms with van der Waals surface area (Å²) >= 11 is 0. The lowest BCUT2D eigenvalue weighted by Crippen LogP contribution is -2.09. The molecule has 1 fully saturated rings. The van der Waals surface area contributed by atoms with E-state index in [4.69, 9.17) is 4.74 Å². The Morgan fingerprint density at radius 3 is 2.52 bits per heavy atom. The number of nitrogens with zero attached hydrogens (tertiary/aromatic N) is 1. The first-order valence-electron chi connectivity index (χ1n) is 9.52. The standard InChI is InChI=1S/C22H27NO2/c1-2-25-22(24)18-13-14-19(21-12-8-9-15-23-21)20(16-18)17-10-6-4-3-5-7-11-17/h8-9,12-17H,2-7,10-11H2,1H3. The summed E-state index contributed by atoms with van der Waals surface area (Å²) in [4.78, 5) is 16.8. The Bertz CT molecular complexity index is 688. The Kier molecular flexibility index (Phi) is 6.21. The number of aromatic nitrogens is 1. The maximum Gasteiger partial charge on any atom is 0.338 e. The molecule has 1 saturated carbocycles.